The Labute approximate surface area is 148 Å². The summed E-state index contributed by atoms with van der Waals surface area (Å²) in [4.78, 5) is 19.1. The number of carbonyl (C=O) groups is 1. The Kier molecular flexibility index (Phi) is 4.57. The molecule has 118 valence electrons. The second-order valence-corrected chi connectivity index (χ2v) is 6.92. The fourth-order valence-electron chi connectivity index (χ4n) is 2.34. The first-order chi connectivity index (χ1) is 11.0. The quantitative estimate of drug-likeness (QED) is 0.607. The molecule has 0 fully saturated rings. The van der Waals surface area contributed by atoms with Crippen LogP contribution in [0.2, 0.25) is 10.0 Å². The van der Waals surface area contributed by atoms with Gasteiger partial charge in [-0.25, -0.2) is 4.98 Å². The molecule has 1 amide bonds. The summed E-state index contributed by atoms with van der Waals surface area (Å²) in [6, 6.07) is 10.9. The van der Waals surface area contributed by atoms with E-state index in [2.05, 4.69) is 4.98 Å². The number of carbonyl (C=O) groups excluding carboxylic acids is 1. The number of thiazole rings is 1. The van der Waals surface area contributed by atoms with Crippen molar-refractivity contribution in [2.45, 2.75) is 13.8 Å². The van der Waals surface area contributed by atoms with Gasteiger partial charge in [-0.1, -0.05) is 46.7 Å². The van der Waals surface area contributed by atoms with Crippen molar-refractivity contribution < 1.29 is 4.79 Å². The topological polar surface area (TPSA) is 33.2 Å². The van der Waals surface area contributed by atoms with Crippen LogP contribution in [0.4, 0.5) is 5.13 Å². The van der Waals surface area contributed by atoms with Gasteiger partial charge in [0.2, 0.25) is 0 Å². The predicted octanol–water partition coefficient (Wildman–Crippen LogP) is 5.58. The third-order valence-electron chi connectivity index (χ3n) is 3.57. The second-order valence-electron chi connectivity index (χ2n) is 5.10. The van der Waals surface area contributed by atoms with Gasteiger partial charge in [0, 0.05) is 12.1 Å². The molecule has 0 unspecified atom stereocenters. The Morgan fingerprint density at radius 1 is 1.22 bits per heavy atom. The zero-order chi connectivity index (χ0) is 16.6. The van der Waals surface area contributed by atoms with Crippen LogP contribution in [0.15, 0.2) is 36.4 Å². The van der Waals surface area contributed by atoms with E-state index < -0.39 is 0 Å². The number of rotatable bonds is 3. The van der Waals surface area contributed by atoms with Crippen LogP contribution >= 0.6 is 34.5 Å². The highest BCUT2D eigenvalue weighted by molar-refractivity contribution is 7.22. The van der Waals surface area contributed by atoms with Crippen molar-refractivity contribution >= 4 is 55.8 Å². The minimum atomic E-state index is -0.136. The number of aryl methyl sites for hydroxylation is 1. The Morgan fingerprint density at radius 2 is 2.00 bits per heavy atom. The number of anilines is 1. The number of amides is 1. The lowest BCUT2D eigenvalue weighted by Crippen LogP contribution is -2.30. The van der Waals surface area contributed by atoms with Crippen molar-refractivity contribution in [3.63, 3.8) is 0 Å². The third-order valence-corrected chi connectivity index (χ3v) is 5.35. The van der Waals surface area contributed by atoms with Gasteiger partial charge in [0.15, 0.2) is 5.13 Å². The molecule has 0 saturated heterocycles. The molecule has 6 heteroatoms. The Balaban J connectivity index is 2.01. The first-order valence-corrected chi connectivity index (χ1v) is 8.71. The molecule has 0 aliphatic heterocycles. The van der Waals surface area contributed by atoms with Crippen molar-refractivity contribution in [1.29, 1.82) is 0 Å². The molecule has 1 heterocycles. The van der Waals surface area contributed by atoms with Crippen LogP contribution in [-0.4, -0.2) is 17.4 Å². The molecule has 0 aliphatic rings. The molecular formula is C17H14Cl2N2OS. The number of hydrogen-bond donors (Lipinski definition) is 0. The van der Waals surface area contributed by atoms with Crippen LogP contribution in [-0.2, 0) is 0 Å². The highest BCUT2D eigenvalue weighted by Crippen LogP contribution is 2.32. The minimum absolute atomic E-state index is 0.136. The predicted molar refractivity (Wildman–Crippen MR) is 98.2 cm³/mol. The number of nitrogens with zero attached hydrogens (tertiary/aromatic N) is 2. The maximum atomic E-state index is 12.8. The maximum absolute atomic E-state index is 12.8. The largest absolute Gasteiger partial charge is 0.284 e. The Bertz CT molecular complexity index is 891. The second kappa shape index (κ2) is 6.48. The lowest BCUT2D eigenvalue weighted by Gasteiger charge is -2.17. The summed E-state index contributed by atoms with van der Waals surface area (Å²) < 4.78 is 1.07. The van der Waals surface area contributed by atoms with Crippen LogP contribution in [0.1, 0.15) is 22.8 Å². The van der Waals surface area contributed by atoms with Gasteiger partial charge in [0.25, 0.3) is 5.91 Å². The first-order valence-electron chi connectivity index (χ1n) is 7.14. The summed E-state index contributed by atoms with van der Waals surface area (Å²) >= 11 is 13.5. The van der Waals surface area contributed by atoms with E-state index in [0.29, 0.717) is 27.3 Å². The monoisotopic (exact) mass is 364 g/mol. The van der Waals surface area contributed by atoms with E-state index in [1.165, 1.54) is 11.3 Å². The van der Waals surface area contributed by atoms with Crippen molar-refractivity contribution in [3.05, 3.63) is 57.6 Å². The van der Waals surface area contributed by atoms with Crippen LogP contribution < -0.4 is 4.90 Å². The SMILES string of the molecule is CCN(C(=O)c1ccc(Cl)c(Cl)c1)c1nc2c(C)cccc2s1. The molecule has 0 N–H and O–H groups in total. The summed E-state index contributed by atoms with van der Waals surface area (Å²) in [5.74, 6) is -0.136. The maximum Gasteiger partial charge on any atom is 0.260 e. The van der Waals surface area contributed by atoms with Gasteiger partial charge < -0.3 is 0 Å². The molecule has 0 bridgehead atoms. The van der Waals surface area contributed by atoms with Crippen molar-refractivity contribution in [3.8, 4) is 0 Å². The molecule has 3 rings (SSSR count). The summed E-state index contributed by atoms with van der Waals surface area (Å²) in [6.45, 7) is 4.47. The molecule has 2 aromatic carbocycles. The molecule has 3 nitrogen and oxygen atoms in total. The third kappa shape index (κ3) is 3.07. The van der Waals surface area contributed by atoms with E-state index in [1.54, 1.807) is 23.1 Å². The van der Waals surface area contributed by atoms with Crippen LogP contribution in [0.25, 0.3) is 10.2 Å². The molecular weight excluding hydrogens is 351 g/mol. The molecule has 1 aromatic heterocycles. The lowest BCUT2D eigenvalue weighted by atomic mass is 10.2. The number of aromatic nitrogens is 1. The zero-order valence-corrected chi connectivity index (χ0v) is 15.0. The van der Waals surface area contributed by atoms with Crippen molar-refractivity contribution in [1.82, 2.24) is 4.98 Å². The fourth-order valence-corrected chi connectivity index (χ4v) is 3.74. The van der Waals surface area contributed by atoms with Gasteiger partial charge in [-0.3, -0.25) is 9.69 Å². The summed E-state index contributed by atoms with van der Waals surface area (Å²) in [5, 5.41) is 1.49. The highest BCUT2D eigenvalue weighted by Gasteiger charge is 2.20. The van der Waals surface area contributed by atoms with Crippen LogP contribution in [0.5, 0.6) is 0 Å². The molecule has 23 heavy (non-hydrogen) atoms. The molecule has 0 saturated carbocycles. The van der Waals surface area contributed by atoms with Gasteiger partial charge in [0.1, 0.15) is 0 Å². The molecule has 3 aromatic rings. The first kappa shape index (κ1) is 16.2. The van der Waals surface area contributed by atoms with Gasteiger partial charge >= 0.3 is 0 Å². The number of hydrogen-bond acceptors (Lipinski definition) is 3. The van der Waals surface area contributed by atoms with E-state index in [0.717, 1.165) is 15.8 Å². The highest BCUT2D eigenvalue weighted by atomic mass is 35.5. The average Bonchev–Trinajstić information content (AvgIpc) is 2.96. The minimum Gasteiger partial charge on any atom is -0.284 e. The van der Waals surface area contributed by atoms with Crippen molar-refractivity contribution in [2.75, 3.05) is 11.4 Å². The molecule has 0 spiro atoms. The van der Waals surface area contributed by atoms with Gasteiger partial charge in [0.05, 0.1) is 20.3 Å². The summed E-state index contributed by atoms with van der Waals surface area (Å²) in [7, 11) is 0. The number of para-hydroxylation sites is 1. The normalized spacial score (nSPS) is 11.0. The van der Waals surface area contributed by atoms with Crippen LogP contribution in [0.3, 0.4) is 0 Å². The van der Waals surface area contributed by atoms with E-state index in [4.69, 9.17) is 23.2 Å². The van der Waals surface area contributed by atoms with Gasteiger partial charge in [-0.15, -0.1) is 0 Å². The number of halogens is 2. The number of benzene rings is 2. The van der Waals surface area contributed by atoms with Crippen molar-refractivity contribution in [2.24, 2.45) is 0 Å². The van der Waals surface area contributed by atoms with Gasteiger partial charge in [-0.2, -0.15) is 0 Å². The summed E-state index contributed by atoms with van der Waals surface area (Å²) in [6.07, 6.45) is 0. The Hall–Kier alpha value is -1.62. The summed E-state index contributed by atoms with van der Waals surface area (Å²) in [5.41, 5.74) is 2.54. The smallest absolute Gasteiger partial charge is 0.260 e. The lowest BCUT2D eigenvalue weighted by molar-refractivity contribution is 0.0988. The van der Waals surface area contributed by atoms with E-state index >= 15 is 0 Å². The van der Waals surface area contributed by atoms with E-state index in [-0.39, 0.29) is 5.91 Å². The zero-order valence-electron chi connectivity index (χ0n) is 12.6. The van der Waals surface area contributed by atoms with E-state index in [1.807, 2.05) is 32.0 Å². The molecule has 0 atom stereocenters. The number of fused-ring (bicyclic) bond motifs is 1. The molecule has 0 aliphatic carbocycles. The average molecular weight is 365 g/mol. The van der Waals surface area contributed by atoms with E-state index in [9.17, 15) is 4.79 Å². The van der Waals surface area contributed by atoms with Crippen LogP contribution in [0, 0.1) is 6.92 Å². The van der Waals surface area contributed by atoms with Gasteiger partial charge in [-0.05, 0) is 43.7 Å². The fraction of sp³-hybridized carbons (Fsp3) is 0.176. The molecule has 0 radical (unpaired) electrons. The standard InChI is InChI=1S/C17H14Cl2N2OS/c1-3-21(16(22)11-7-8-12(18)13(19)9-11)17-20-15-10(2)5-4-6-14(15)23-17/h4-9H,3H2,1-2H3. The Morgan fingerprint density at radius 3 is 2.65 bits per heavy atom.